The highest BCUT2D eigenvalue weighted by Crippen LogP contribution is 2.75. The maximum atomic E-state index is 13.0. The number of rotatable bonds is 23. The largest absolute Gasteiger partial charge is 0.396 e. The zero-order valence-corrected chi connectivity index (χ0v) is 58.4. The minimum absolute atomic E-state index is 0.0265. The number of ether oxygens (including phenoxy) is 11. The second kappa shape index (κ2) is 31.6. The van der Waals surface area contributed by atoms with Gasteiger partial charge in [-0.3, -0.25) is 0 Å². The lowest BCUT2D eigenvalue weighted by Gasteiger charge is -2.67. The molecule has 9 fully saturated rings. The summed E-state index contributed by atoms with van der Waals surface area (Å²) < 4.78 is 67.2. The molecule has 0 radical (unpaired) electrons. The molecule has 40 atom stereocenters. The highest BCUT2D eigenvalue weighted by molar-refractivity contribution is 5.32. The Hall–Kier alpha value is -1.54. The number of hydrogen-bond acceptors (Lipinski definition) is 32. The first kappa shape index (κ1) is 81.0. The van der Waals surface area contributed by atoms with Gasteiger partial charge in [0.1, 0.15) is 122 Å². The van der Waals surface area contributed by atoms with E-state index in [-0.39, 0.29) is 41.9 Å². The average molecular weight is 1450 g/mol. The summed E-state index contributed by atoms with van der Waals surface area (Å²) in [5.74, 6) is -1.97. The smallest absolute Gasteiger partial charge is 0.187 e. The third-order valence-electron chi connectivity index (χ3n) is 25.9. The Bertz CT molecular complexity index is 2670. The lowest BCUT2D eigenvalue weighted by atomic mass is 9.38. The van der Waals surface area contributed by atoms with Gasteiger partial charge in [0.05, 0.1) is 75.3 Å². The summed E-state index contributed by atoms with van der Waals surface area (Å²) in [7, 11) is 0. The van der Waals surface area contributed by atoms with Gasteiger partial charge in [-0.05, 0) is 106 Å². The molecule has 4 saturated carbocycles. The molecule has 0 aromatic heterocycles. The molecule has 0 aromatic carbocycles. The summed E-state index contributed by atoms with van der Waals surface area (Å²) in [6, 6.07) is 0. The molecule has 100 heavy (non-hydrogen) atoms. The van der Waals surface area contributed by atoms with Crippen LogP contribution in [0.1, 0.15) is 120 Å². The quantitative estimate of drug-likeness (QED) is 0.0424. The zero-order valence-electron chi connectivity index (χ0n) is 58.4. The van der Waals surface area contributed by atoms with Gasteiger partial charge in [-0.2, -0.15) is 0 Å². The average Bonchev–Trinajstić information content (AvgIpc) is 1.32. The van der Waals surface area contributed by atoms with Crippen molar-refractivity contribution in [3.63, 3.8) is 0 Å². The first-order valence-corrected chi connectivity index (χ1v) is 35.7. The fraction of sp³-hybridized carbons (Fsp3) is 0.971. The molecule has 5 aliphatic carbocycles. The second-order valence-electron chi connectivity index (χ2n) is 32.4. The first-order chi connectivity index (χ1) is 46.9. The Labute approximate surface area is 581 Å². The van der Waals surface area contributed by atoms with Crippen LogP contribution in [0.25, 0.3) is 0 Å². The van der Waals surface area contributed by atoms with Gasteiger partial charge in [0.25, 0.3) is 0 Å². The van der Waals surface area contributed by atoms with E-state index in [0.29, 0.717) is 32.1 Å². The van der Waals surface area contributed by atoms with Crippen molar-refractivity contribution >= 4 is 0 Å². The van der Waals surface area contributed by atoms with Gasteiger partial charge in [-0.1, -0.05) is 60.1 Å². The third kappa shape index (κ3) is 14.8. The van der Waals surface area contributed by atoms with Crippen molar-refractivity contribution in [2.75, 3.05) is 39.6 Å². The molecule has 32 heteroatoms. The Balaban J connectivity index is 0.853. The molecule has 32 nitrogen and oxygen atoms in total. The summed E-state index contributed by atoms with van der Waals surface area (Å²) in [5.41, 5.74) is -2.84. The Morgan fingerprint density at radius 1 is 0.510 bits per heavy atom. The first-order valence-electron chi connectivity index (χ1n) is 35.7. The molecule has 10 rings (SSSR count). The fourth-order valence-corrected chi connectivity index (χ4v) is 19.1. The van der Waals surface area contributed by atoms with Crippen molar-refractivity contribution in [1.29, 1.82) is 0 Å². The van der Waals surface area contributed by atoms with E-state index in [1.165, 1.54) is 20.8 Å². The van der Waals surface area contributed by atoms with Crippen molar-refractivity contribution in [1.82, 2.24) is 0 Å². The molecule has 21 N–H and O–H groups in total. The summed E-state index contributed by atoms with van der Waals surface area (Å²) in [4.78, 5) is 0. The number of aliphatic hydroxyl groups excluding tert-OH is 20. The van der Waals surface area contributed by atoms with Gasteiger partial charge in [-0.15, -0.1) is 0 Å². The predicted octanol–water partition coefficient (Wildman–Crippen LogP) is -5.64. The maximum Gasteiger partial charge on any atom is 0.187 e. The van der Waals surface area contributed by atoms with Crippen LogP contribution in [0.15, 0.2) is 11.6 Å². The monoisotopic (exact) mass is 1440 g/mol. The molecule has 3 unspecified atom stereocenters. The normalized spacial score (nSPS) is 52.1. The molecule has 0 spiro atoms. The highest BCUT2D eigenvalue weighted by Gasteiger charge is 2.71. The van der Waals surface area contributed by atoms with E-state index in [0.717, 1.165) is 18.4 Å². The van der Waals surface area contributed by atoms with E-state index in [1.807, 2.05) is 13.8 Å². The van der Waals surface area contributed by atoms with E-state index in [9.17, 15) is 107 Å². The van der Waals surface area contributed by atoms with E-state index in [4.69, 9.17) is 52.1 Å². The third-order valence-corrected chi connectivity index (χ3v) is 25.9. The van der Waals surface area contributed by atoms with Crippen molar-refractivity contribution in [2.24, 2.45) is 57.2 Å². The van der Waals surface area contributed by atoms with E-state index in [2.05, 4.69) is 33.8 Å². The van der Waals surface area contributed by atoms with Crippen LogP contribution in [0.5, 0.6) is 0 Å². The number of aliphatic hydroxyl groups is 21. The van der Waals surface area contributed by atoms with Crippen LogP contribution in [0.3, 0.4) is 0 Å². The fourth-order valence-electron chi connectivity index (χ4n) is 19.1. The minimum Gasteiger partial charge on any atom is -0.396 e. The molecule has 0 bridgehead atoms. The van der Waals surface area contributed by atoms with E-state index in [1.54, 1.807) is 0 Å². The summed E-state index contributed by atoms with van der Waals surface area (Å²) in [6.45, 7) is 13.6. The molecule has 0 aromatic rings. The van der Waals surface area contributed by atoms with Crippen molar-refractivity contribution in [3.05, 3.63) is 11.6 Å². The van der Waals surface area contributed by atoms with Gasteiger partial charge >= 0.3 is 0 Å². The van der Waals surface area contributed by atoms with Crippen molar-refractivity contribution in [3.8, 4) is 0 Å². The van der Waals surface area contributed by atoms with Crippen LogP contribution in [0.4, 0.5) is 0 Å². The molecule has 10 aliphatic rings. The molecule has 5 saturated heterocycles. The molecular formula is C68H116O32. The molecule has 580 valence electrons. The Kier molecular flexibility index (Phi) is 25.6. The highest BCUT2D eigenvalue weighted by atomic mass is 16.8. The second-order valence-corrected chi connectivity index (χ2v) is 32.4. The number of hydrogen-bond donors (Lipinski definition) is 21. The minimum atomic E-state index is -1.95. The Morgan fingerprint density at radius 3 is 1.57 bits per heavy atom. The van der Waals surface area contributed by atoms with Crippen LogP contribution in [-0.4, -0.2) is 343 Å². The SMILES string of the molecule is C[C@@H]1[C@@H](O)[C@H](OC[C@H]2O[C@@H](O[C@H](CC[C@@H](C)C3CC[C@@]4(C)C5CC=C6C(CC[C@H](O[C@@H]7O[C@H](CO[C@@H]8O[C@H](CO)[C@@H](O)[C@H](O)[C@H]8O)[C@@H](O)[C@H](O)[C@H]7O[C@H]7C[C@@H](CO)[C@H](O)[C@@H](O)[C@@H]7O)C6(C)C)[C@]5(C)[C@H](O)C[C@]34C)C(C)(C)O)[C@H](O[C@H]3O[C@@H](CO)[C@H](O)[C@@H](O)[C@@H]3O)[C@@H](O)[C@@H]2O)O[C@H](CO)[C@H]1O. The summed E-state index contributed by atoms with van der Waals surface area (Å²) in [5, 5.41) is 230. The van der Waals surface area contributed by atoms with Gasteiger partial charge in [0, 0.05) is 29.3 Å². The van der Waals surface area contributed by atoms with Crippen LogP contribution < -0.4 is 0 Å². The maximum absolute atomic E-state index is 13.0. The van der Waals surface area contributed by atoms with Crippen molar-refractivity contribution in [2.45, 2.75) is 316 Å². The predicted molar refractivity (Wildman–Crippen MR) is 339 cm³/mol. The molecular weight excluding hydrogens is 1330 g/mol. The number of allylic oxidation sites excluding steroid dienone is 1. The van der Waals surface area contributed by atoms with Crippen LogP contribution in [0.2, 0.25) is 0 Å². The summed E-state index contributed by atoms with van der Waals surface area (Å²) in [6.07, 6.45) is -41.8. The lowest BCUT2D eigenvalue weighted by Crippen LogP contribution is -2.66. The van der Waals surface area contributed by atoms with Crippen LogP contribution >= 0.6 is 0 Å². The standard InChI is InChI=1S/C68H116O32/c1-26(10-14-41(65(5,6)89)99-63-58(100-61-56(88)52(84)47(79)35(23-72)95-61)54(86)49(81)36(97-63)24-90-59-43(75)27(2)42(74)33(21-70)93-59)29-16-17-66(7)38-13-11-30-31(68(38,9)39(73)19-67(29,66)8)12-15-40(64(30,3)4)98-62-57(92-32-18-28(20-69)44(76)50(82)45(32)77)53(85)48(80)37(96-62)25-91-60-55(87)51(83)46(78)34(22-71)94-60/h11,26-29,31-63,69-89H,10,12-25H2,1-9H3/t26-,27+,28+,29?,31?,32+,33-,34-,35+,36-,37-,38?,39-,40+,41-,42+,43-,44+,45-,46-,47+,48-,49-,50-,51+,52-,53+,54+,55-,56+,57-,58-,59-,60-,61-,62+,63+,66+,67-,68+/m1/s1. The molecule has 5 heterocycles. The summed E-state index contributed by atoms with van der Waals surface area (Å²) >= 11 is 0. The van der Waals surface area contributed by atoms with Gasteiger partial charge in [0.15, 0.2) is 31.5 Å². The Morgan fingerprint density at radius 2 is 1.01 bits per heavy atom. The van der Waals surface area contributed by atoms with E-state index < -0.39 is 263 Å². The van der Waals surface area contributed by atoms with Gasteiger partial charge in [-0.25, -0.2) is 0 Å². The van der Waals surface area contributed by atoms with Crippen LogP contribution in [-0.2, 0) is 52.1 Å². The van der Waals surface area contributed by atoms with Gasteiger partial charge < -0.3 is 159 Å². The zero-order chi connectivity index (χ0) is 73.5. The van der Waals surface area contributed by atoms with Crippen LogP contribution in [0, 0.1) is 57.2 Å². The van der Waals surface area contributed by atoms with Gasteiger partial charge in [0.2, 0.25) is 0 Å². The molecule has 5 aliphatic heterocycles. The topological polar surface area (TPSA) is 526 Å². The van der Waals surface area contributed by atoms with E-state index >= 15 is 0 Å². The van der Waals surface area contributed by atoms with Crippen molar-refractivity contribution < 1.29 is 159 Å². The lowest BCUT2D eigenvalue weighted by molar-refractivity contribution is -0.380. The number of fused-ring (bicyclic) bond motifs is 5. The molecule has 0 amide bonds.